The van der Waals surface area contributed by atoms with Crippen molar-refractivity contribution in [2.24, 2.45) is 5.92 Å². The van der Waals surface area contributed by atoms with Gasteiger partial charge in [0.25, 0.3) is 5.91 Å². The van der Waals surface area contributed by atoms with Gasteiger partial charge in [-0.05, 0) is 40.8 Å². The van der Waals surface area contributed by atoms with Crippen LogP contribution in [0.25, 0.3) is 33.6 Å². The van der Waals surface area contributed by atoms with Crippen LogP contribution in [0.2, 0.25) is 5.02 Å². The van der Waals surface area contributed by atoms with Crippen molar-refractivity contribution in [1.82, 2.24) is 20.2 Å². The maximum atomic E-state index is 15.2. The van der Waals surface area contributed by atoms with Crippen LogP contribution < -0.4 is 5.32 Å². The minimum Gasteiger partial charge on any atom is -0.481 e. The molecule has 3 aromatic carbocycles. The molecule has 1 atom stereocenters. The molecule has 2 aromatic heterocycles. The number of carbonyl (C=O) groups is 3. The van der Waals surface area contributed by atoms with Crippen LogP contribution in [-0.2, 0) is 21.4 Å². The number of aromatic nitrogens is 2. The van der Waals surface area contributed by atoms with E-state index in [4.69, 9.17) is 11.6 Å². The lowest BCUT2D eigenvalue weighted by Gasteiger charge is -2.38. The summed E-state index contributed by atoms with van der Waals surface area (Å²) in [6, 6.07) is 22.3. The first-order valence-electron chi connectivity index (χ1n) is 15.8. The molecule has 0 aliphatic carbocycles. The quantitative estimate of drug-likeness (QED) is 0.165. The van der Waals surface area contributed by atoms with Crippen LogP contribution >= 0.6 is 22.9 Å². The summed E-state index contributed by atoms with van der Waals surface area (Å²) in [5.74, 6) is -2.21. The highest BCUT2D eigenvalue weighted by Crippen LogP contribution is 2.32. The second-order valence-corrected chi connectivity index (χ2v) is 14.6. The molecule has 8 nitrogen and oxygen atoms in total. The summed E-state index contributed by atoms with van der Waals surface area (Å²) < 4.78 is 15.2. The first-order chi connectivity index (χ1) is 23.4. The molecule has 11 heteroatoms. The number of nitrogens with zero attached hydrogens (tertiary/aromatic N) is 3. The number of hydrogen-bond acceptors (Lipinski definition) is 6. The van der Waals surface area contributed by atoms with Crippen LogP contribution in [0.1, 0.15) is 40.9 Å². The minimum atomic E-state index is -0.944. The van der Waals surface area contributed by atoms with Gasteiger partial charge in [-0.2, -0.15) is 0 Å². The van der Waals surface area contributed by atoms with Gasteiger partial charge in [0.05, 0.1) is 10.8 Å². The number of carbonyl (C=O) groups excluding carboxylic acids is 2. The zero-order valence-electron chi connectivity index (χ0n) is 27.1. The van der Waals surface area contributed by atoms with Gasteiger partial charge in [0.2, 0.25) is 5.91 Å². The topological polar surface area (TPSA) is 112 Å². The standard InChI is InChI=1S/C38H34ClFN4O4S/c1-38(2,3)33-15-14-32(49-33)35(45)43-31(36(46)44-20-26(21-44)37(47)48)16-22-8-10-23(11-9-22)34-41-18-25(19-42-34)28-13-12-24(17-30(28)40)27-6-4-5-7-29(27)39/h4-15,17-19,26,31H,16,20-21H2,1-3H3,(H,43,45)(H,47,48)/t31-/m0/s1. The van der Waals surface area contributed by atoms with Crippen molar-refractivity contribution in [3.05, 3.63) is 117 Å². The average Bonchev–Trinajstić information content (AvgIpc) is 3.56. The maximum Gasteiger partial charge on any atom is 0.310 e. The number of thiophene rings is 1. The number of carboxylic acids is 1. The fourth-order valence-electron chi connectivity index (χ4n) is 5.58. The van der Waals surface area contributed by atoms with E-state index in [1.807, 2.05) is 54.6 Å². The second-order valence-electron chi connectivity index (χ2n) is 13.1. The first kappa shape index (κ1) is 34.0. The third-order valence-corrected chi connectivity index (χ3v) is 10.3. The summed E-state index contributed by atoms with van der Waals surface area (Å²) in [6.07, 6.45) is 3.35. The van der Waals surface area contributed by atoms with Crippen molar-refractivity contribution in [2.45, 2.75) is 38.6 Å². The van der Waals surface area contributed by atoms with Crippen LogP contribution in [0.5, 0.6) is 0 Å². The summed E-state index contributed by atoms with van der Waals surface area (Å²) >= 11 is 7.68. The van der Waals surface area contributed by atoms with E-state index in [0.29, 0.717) is 32.4 Å². The number of aliphatic carboxylic acids is 1. The van der Waals surface area contributed by atoms with E-state index < -0.39 is 23.7 Å². The highest BCUT2D eigenvalue weighted by molar-refractivity contribution is 7.14. The fourth-order valence-corrected chi connectivity index (χ4v) is 6.79. The number of benzene rings is 3. The van der Waals surface area contributed by atoms with Gasteiger partial charge in [-0.1, -0.05) is 87.0 Å². The molecule has 1 aliphatic heterocycles. The van der Waals surface area contributed by atoms with Crippen LogP contribution in [-0.4, -0.2) is 56.9 Å². The molecule has 2 N–H and O–H groups in total. The Hall–Kier alpha value is -4.93. The van der Waals surface area contributed by atoms with E-state index in [2.05, 4.69) is 36.1 Å². The molecule has 0 saturated carbocycles. The number of rotatable bonds is 9. The van der Waals surface area contributed by atoms with Crippen molar-refractivity contribution < 1.29 is 23.9 Å². The molecule has 2 amide bonds. The Kier molecular flexibility index (Phi) is 9.63. The Labute approximate surface area is 292 Å². The van der Waals surface area contributed by atoms with Crippen LogP contribution in [0, 0.1) is 11.7 Å². The number of halogens is 2. The third kappa shape index (κ3) is 7.55. The summed E-state index contributed by atoms with van der Waals surface area (Å²) in [6.45, 7) is 6.42. The largest absolute Gasteiger partial charge is 0.481 e. The lowest BCUT2D eigenvalue weighted by molar-refractivity contribution is -0.153. The Morgan fingerprint density at radius 3 is 2.22 bits per heavy atom. The van der Waals surface area contributed by atoms with Crippen molar-refractivity contribution in [3.63, 3.8) is 0 Å². The minimum absolute atomic E-state index is 0.107. The van der Waals surface area contributed by atoms with Gasteiger partial charge in [-0.15, -0.1) is 11.3 Å². The number of hydrogen-bond donors (Lipinski definition) is 2. The van der Waals surface area contributed by atoms with E-state index in [1.54, 1.807) is 30.6 Å². The molecule has 5 aromatic rings. The number of nitrogens with one attached hydrogen (secondary N) is 1. The summed E-state index contributed by atoms with van der Waals surface area (Å²) in [7, 11) is 0. The Bertz CT molecular complexity index is 2020. The lowest BCUT2D eigenvalue weighted by Crippen LogP contribution is -2.59. The Balaban J connectivity index is 1.16. The lowest BCUT2D eigenvalue weighted by atomic mass is 9.95. The predicted molar refractivity (Wildman–Crippen MR) is 189 cm³/mol. The molecule has 49 heavy (non-hydrogen) atoms. The smallest absolute Gasteiger partial charge is 0.310 e. The van der Waals surface area contributed by atoms with E-state index in [0.717, 1.165) is 21.6 Å². The SMILES string of the molecule is CC(C)(C)c1ccc(C(=O)N[C@@H](Cc2ccc(-c3ncc(-c4ccc(-c5ccccc5Cl)cc4F)cn3)cc2)C(=O)N2CC(C(=O)O)C2)s1. The van der Waals surface area contributed by atoms with Crippen LogP contribution in [0.4, 0.5) is 4.39 Å². The van der Waals surface area contributed by atoms with Gasteiger partial charge in [-0.25, -0.2) is 14.4 Å². The van der Waals surface area contributed by atoms with Gasteiger partial charge in [-0.3, -0.25) is 14.4 Å². The van der Waals surface area contributed by atoms with Gasteiger partial charge < -0.3 is 15.3 Å². The molecular weight excluding hydrogens is 663 g/mol. The normalized spacial score (nSPS) is 13.9. The molecule has 0 radical (unpaired) electrons. The number of likely N-dealkylation sites (tertiary alicyclic amines) is 1. The zero-order chi connectivity index (χ0) is 34.9. The Morgan fingerprint density at radius 2 is 1.61 bits per heavy atom. The molecule has 0 unspecified atom stereocenters. The fraction of sp³-hybridized carbons (Fsp3) is 0.237. The molecule has 6 rings (SSSR count). The Morgan fingerprint density at radius 1 is 0.939 bits per heavy atom. The third-order valence-electron chi connectivity index (χ3n) is 8.48. The maximum absolute atomic E-state index is 15.2. The summed E-state index contributed by atoms with van der Waals surface area (Å²) in [4.78, 5) is 50.0. The van der Waals surface area contributed by atoms with Gasteiger partial charge in [0, 0.05) is 64.1 Å². The molecule has 0 spiro atoms. The predicted octanol–water partition coefficient (Wildman–Crippen LogP) is 7.51. The highest BCUT2D eigenvalue weighted by Gasteiger charge is 2.39. The van der Waals surface area contributed by atoms with E-state index >= 15 is 4.39 Å². The van der Waals surface area contributed by atoms with E-state index in [-0.39, 0.29) is 36.7 Å². The second kappa shape index (κ2) is 13.9. The van der Waals surface area contributed by atoms with Crippen molar-refractivity contribution in [2.75, 3.05) is 13.1 Å². The van der Waals surface area contributed by atoms with Gasteiger partial charge in [0.15, 0.2) is 5.82 Å². The molecule has 1 aliphatic rings. The first-order valence-corrected chi connectivity index (χ1v) is 17.0. The van der Waals surface area contributed by atoms with E-state index in [1.165, 1.54) is 22.3 Å². The monoisotopic (exact) mass is 696 g/mol. The number of amides is 2. The molecule has 0 bridgehead atoms. The summed E-state index contributed by atoms with van der Waals surface area (Å²) in [5, 5.41) is 12.7. The zero-order valence-corrected chi connectivity index (χ0v) is 28.7. The number of carboxylic acid groups (broad SMARTS) is 1. The van der Waals surface area contributed by atoms with Crippen molar-refractivity contribution in [1.29, 1.82) is 0 Å². The van der Waals surface area contributed by atoms with Crippen molar-refractivity contribution >= 4 is 40.7 Å². The van der Waals surface area contributed by atoms with Crippen LogP contribution in [0.3, 0.4) is 0 Å². The molecule has 3 heterocycles. The highest BCUT2D eigenvalue weighted by atomic mass is 35.5. The van der Waals surface area contributed by atoms with Crippen molar-refractivity contribution in [3.8, 4) is 33.6 Å². The molecular formula is C38H34ClFN4O4S. The van der Waals surface area contributed by atoms with Crippen LogP contribution in [0.15, 0.2) is 91.3 Å². The molecule has 250 valence electrons. The van der Waals surface area contributed by atoms with Gasteiger partial charge >= 0.3 is 5.97 Å². The molecule has 1 fully saturated rings. The average molecular weight is 697 g/mol. The summed E-state index contributed by atoms with van der Waals surface area (Å²) in [5.41, 5.74) is 3.69. The van der Waals surface area contributed by atoms with Gasteiger partial charge in [0.1, 0.15) is 11.9 Å². The van der Waals surface area contributed by atoms with E-state index in [9.17, 15) is 19.5 Å². The molecule has 1 saturated heterocycles.